The number of methoxy groups -OCH3 is 1. The SMILES string of the molecule is CCC(OCc1nc(-c2ccco2)oc1C)C(O)(C(=O)O)c1cccc(OC)c1. The Morgan fingerprint density at radius 2 is 2.10 bits per heavy atom. The highest BCUT2D eigenvalue weighted by molar-refractivity contribution is 5.80. The fraction of sp³-hybridized carbons (Fsp3) is 0.333. The number of hydrogen-bond donors (Lipinski definition) is 2. The summed E-state index contributed by atoms with van der Waals surface area (Å²) in [4.78, 5) is 16.4. The maximum atomic E-state index is 12.0. The van der Waals surface area contributed by atoms with Crippen LogP contribution >= 0.6 is 0 Å². The average Bonchev–Trinajstić information content (AvgIpc) is 3.38. The van der Waals surface area contributed by atoms with E-state index < -0.39 is 17.7 Å². The van der Waals surface area contributed by atoms with Crippen molar-refractivity contribution in [1.82, 2.24) is 4.98 Å². The van der Waals surface area contributed by atoms with Crippen LogP contribution in [0.3, 0.4) is 0 Å². The molecule has 0 saturated heterocycles. The van der Waals surface area contributed by atoms with Crippen molar-refractivity contribution in [3.05, 3.63) is 59.7 Å². The Labute approximate surface area is 167 Å². The molecule has 3 aromatic rings. The molecule has 0 spiro atoms. The summed E-state index contributed by atoms with van der Waals surface area (Å²) in [6, 6.07) is 9.74. The van der Waals surface area contributed by atoms with E-state index in [1.165, 1.54) is 25.5 Å². The molecule has 0 aliphatic rings. The van der Waals surface area contributed by atoms with Gasteiger partial charge in [-0.15, -0.1) is 0 Å². The van der Waals surface area contributed by atoms with Gasteiger partial charge < -0.3 is 28.5 Å². The van der Waals surface area contributed by atoms with E-state index in [2.05, 4.69) is 4.98 Å². The largest absolute Gasteiger partial charge is 0.497 e. The van der Waals surface area contributed by atoms with Crippen LogP contribution in [0.2, 0.25) is 0 Å². The molecule has 0 amide bonds. The molecule has 0 radical (unpaired) electrons. The van der Waals surface area contributed by atoms with Gasteiger partial charge in [-0.1, -0.05) is 19.1 Å². The monoisotopic (exact) mass is 401 g/mol. The predicted molar refractivity (Wildman–Crippen MR) is 102 cm³/mol. The second-order valence-corrected chi connectivity index (χ2v) is 6.51. The van der Waals surface area contributed by atoms with E-state index in [0.29, 0.717) is 28.9 Å². The van der Waals surface area contributed by atoms with Crippen LogP contribution in [0.4, 0.5) is 0 Å². The number of aryl methyl sites for hydroxylation is 1. The van der Waals surface area contributed by atoms with Crippen molar-refractivity contribution in [2.45, 2.75) is 38.6 Å². The Balaban J connectivity index is 1.84. The van der Waals surface area contributed by atoms with Gasteiger partial charge in [-0.2, -0.15) is 0 Å². The Kier molecular flexibility index (Phi) is 6.05. The summed E-state index contributed by atoms with van der Waals surface area (Å²) >= 11 is 0. The molecule has 154 valence electrons. The van der Waals surface area contributed by atoms with E-state index in [1.54, 1.807) is 38.1 Å². The lowest BCUT2D eigenvalue weighted by atomic mass is 9.86. The van der Waals surface area contributed by atoms with E-state index in [-0.39, 0.29) is 18.6 Å². The van der Waals surface area contributed by atoms with Crippen molar-refractivity contribution in [3.63, 3.8) is 0 Å². The van der Waals surface area contributed by atoms with Crippen LogP contribution in [0.25, 0.3) is 11.7 Å². The highest BCUT2D eigenvalue weighted by Crippen LogP contribution is 2.33. The summed E-state index contributed by atoms with van der Waals surface area (Å²) in [5.41, 5.74) is -1.59. The van der Waals surface area contributed by atoms with Crippen molar-refractivity contribution >= 4 is 5.97 Å². The van der Waals surface area contributed by atoms with Gasteiger partial charge in [-0.05, 0) is 37.6 Å². The summed E-state index contributed by atoms with van der Waals surface area (Å²) in [5.74, 6) is 0.329. The molecule has 0 aliphatic heterocycles. The fourth-order valence-corrected chi connectivity index (χ4v) is 3.09. The lowest BCUT2D eigenvalue weighted by molar-refractivity contribution is -0.182. The van der Waals surface area contributed by atoms with E-state index in [4.69, 9.17) is 18.3 Å². The third-order valence-corrected chi connectivity index (χ3v) is 4.72. The number of carboxylic acids is 1. The molecule has 2 unspecified atom stereocenters. The topological polar surface area (TPSA) is 115 Å². The summed E-state index contributed by atoms with van der Waals surface area (Å²) in [5, 5.41) is 20.9. The van der Waals surface area contributed by atoms with Crippen LogP contribution in [0.15, 0.2) is 51.5 Å². The molecule has 0 aliphatic carbocycles. The second-order valence-electron chi connectivity index (χ2n) is 6.51. The first-order valence-corrected chi connectivity index (χ1v) is 9.12. The van der Waals surface area contributed by atoms with Gasteiger partial charge in [-0.25, -0.2) is 9.78 Å². The number of hydrogen-bond acceptors (Lipinski definition) is 7. The molecule has 3 rings (SSSR count). The maximum Gasteiger partial charge on any atom is 0.343 e. The second kappa shape index (κ2) is 8.50. The molecule has 2 N–H and O–H groups in total. The lowest BCUT2D eigenvalue weighted by Crippen LogP contribution is -2.47. The van der Waals surface area contributed by atoms with Crippen LogP contribution in [-0.4, -0.2) is 34.4 Å². The first-order chi connectivity index (χ1) is 13.9. The molecule has 0 bridgehead atoms. The minimum Gasteiger partial charge on any atom is -0.497 e. The van der Waals surface area contributed by atoms with E-state index >= 15 is 0 Å². The summed E-state index contributed by atoms with van der Waals surface area (Å²) in [6.45, 7) is 3.43. The zero-order valence-electron chi connectivity index (χ0n) is 16.4. The minimum absolute atomic E-state index is 0.0336. The number of aromatic nitrogens is 1. The van der Waals surface area contributed by atoms with Gasteiger partial charge in [0.15, 0.2) is 5.76 Å². The Morgan fingerprint density at radius 3 is 2.72 bits per heavy atom. The Morgan fingerprint density at radius 1 is 1.31 bits per heavy atom. The number of aliphatic carboxylic acids is 1. The number of benzene rings is 1. The predicted octanol–water partition coefficient (Wildman–Crippen LogP) is 3.52. The number of nitrogens with zero attached hydrogens (tertiary/aromatic N) is 1. The molecular weight excluding hydrogens is 378 g/mol. The van der Waals surface area contributed by atoms with Gasteiger partial charge in [0.25, 0.3) is 5.89 Å². The molecule has 2 heterocycles. The normalized spacial score (nSPS) is 14.3. The molecule has 2 atom stereocenters. The third kappa shape index (κ3) is 4.03. The van der Waals surface area contributed by atoms with Crippen molar-refractivity contribution in [2.24, 2.45) is 0 Å². The molecule has 8 nitrogen and oxygen atoms in total. The zero-order chi connectivity index (χ0) is 21.0. The lowest BCUT2D eigenvalue weighted by Gasteiger charge is -2.32. The van der Waals surface area contributed by atoms with Crippen LogP contribution in [0.5, 0.6) is 5.75 Å². The smallest absolute Gasteiger partial charge is 0.343 e. The Bertz CT molecular complexity index is 963. The van der Waals surface area contributed by atoms with E-state index in [9.17, 15) is 15.0 Å². The van der Waals surface area contributed by atoms with E-state index in [1.807, 2.05) is 0 Å². The minimum atomic E-state index is -2.26. The summed E-state index contributed by atoms with van der Waals surface area (Å²) in [6.07, 6.45) is 0.733. The molecule has 8 heteroatoms. The quantitative estimate of drug-likeness (QED) is 0.560. The average molecular weight is 401 g/mol. The molecular formula is C21H23NO7. The first-order valence-electron chi connectivity index (χ1n) is 9.12. The van der Waals surface area contributed by atoms with Crippen molar-refractivity contribution in [1.29, 1.82) is 0 Å². The molecule has 0 fully saturated rings. The van der Waals surface area contributed by atoms with Crippen molar-refractivity contribution in [2.75, 3.05) is 7.11 Å². The van der Waals surface area contributed by atoms with Crippen LogP contribution in [0, 0.1) is 6.92 Å². The number of oxazole rings is 1. The van der Waals surface area contributed by atoms with Gasteiger partial charge in [0.1, 0.15) is 23.3 Å². The first kappa shape index (κ1) is 20.6. The number of aliphatic hydroxyl groups is 1. The molecule has 1 aromatic carbocycles. The molecule has 2 aromatic heterocycles. The number of ether oxygens (including phenoxy) is 2. The zero-order valence-corrected chi connectivity index (χ0v) is 16.4. The Hall–Kier alpha value is -3.10. The highest BCUT2D eigenvalue weighted by atomic mass is 16.5. The van der Waals surface area contributed by atoms with Gasteiger partial charge in [0.05, 0.1) is 20.0 Å². The number of furan rings is 1. The van der Waals surface area contributed by atoms with Crippen molar-refractivity contribution < 1.29 is 33.3 Å². The van der Waals surface area contributed by atoms with Gasteiger partial charge in [0.2, 0.25) is 5.60 Å². The van der Waals surface area contributed by atoms with Crippen LogP contribution < -0.4 is 4.74 Å². The maximum absolute atomic E-state index is 12.0. The number of rotatable bonds is 9. The molecule has 29 heavy (non-hydrogen) atoms. The standard InChI is InChI=1S/C21H23NO7/c1-4-18(21(25,20(23)24)14-7-5-8-15(11-14)26-3)28-12-16-13(2)29-19(22-16)17-9-6-10-27-17/h5-11,18,25H,4,12H2,1-3H3,(H,23,24). The van der Waals surface area contributed by atoms with Crippen LogP contribution in [0.1, 0.15) is 30.4 Å². The van der Waals surface area contributed by atoms with Gasteiger partial charge in [0, 0.05) is 5.56 Å². The molecule has 0 saturated carbocycles. The number of carbonyl (C=O) groups is 1. The third-order valence-electron chi connectivity index (χ3n) is 4.72. The van der Waals surface area contributed by atoms with Crippen molar-refractivity contribution in [3.8, 4) is 17.4 Å². The van der Waals surface area contributed by atoms with Gasteiger partial charge >= 0.3 is 5.97 Å². The summed E-state index contributed by atoms with van der Waals surface area (Å²) < 4.78 is 21.8. The summed E-state index contributed by atoms with van der Waals surface area (Å²) in [7, 11) is 1.47. The highest BCUT2D eigenvalue weighted by Gasteiger charge is 2.46. The van der Waals surface area contributed by atoms with Crippen LogP contribution in [-0.2, 0) is 21.7 Å². The van der Waals surface area contributed by atoms with Gasteiger partial charge in [-0.3, -0.25) is 0 Å². The fourth-order valence-electron chi connectivity index (χ4n) is 3.09. The van der Waals surface area contributed by atoms with E-state index in [0.717, 1.165) is 0 Å². The number of carboxylic acid groups (broad SMARTS) is 1.